The number of nitrogen functional groups attached to an aromatic ring is 1. The van der Waals surface area contributed by atoms with Crippen LogP contribution in [0.3, 0.4) is 0 Å². The van der Waals surface area contributed by atoms with Gasteiger partial charge in [-0.3, -0.25) is 0 Å². The largest absolute Gasteiger partial charge is 0.375 e. The van der Waals surface area contributed by atoms with Crippen LogP contribution in [-0.4, -0.2) is 18.1 Å². The molecule has 0 radical (unpaired) electrons. The first-order valence-corrected chi connectivity index (χ1v) is 4.62. The number of nitrogens with one attached hydrogen (secondary N) is 1. The summed E-state index contributed by atoms with van der Waals surface area (Å²) in [6.45, 7) is 2.10. The van der Waals surface area contributed by atoms with Gasteiger partial charge in [-0.05, 0) is 6.42 Å². The highest BCUT2D eigenvalue weighted by molar-refractivity contribution is 7.15. The Morgan fingerprint density at radius 2 is 2.08 bits per heavy atom. The molecule has 1 aliphatic rings. The Balaban J connectivity index is 0.000000720. The molecule has 0 spiro atoms. The fourth-order valence-corrected chi connectivity index (χ4v) is 2.21. The van der Waals surface area contributed by atoms with E-state index >= 15 is 0 Å². The zero-order valence-electron chi connectivity index (χ0n) is 6.67. The molecule has 2 heterocycles. The SMILES string of the molecule is Cl.Nc1nc2c(s1)CCNCC2. The van der Waals surface area contributed by atoms with Crippen molar-refractivity contribution in [1.29, 1.82) is 0 Å². The number of nitrogens with zero attached hydrogens (tertiary/aromatic N) is 1. The van der Waals surface area contributed by atoms with Crippen molar-refractivity contribution < 1.29 is 0 Å². The highest BCUT2D eigenvalue weighted by Crippen LogP contribution is 2.22. The molecule has 5 heteroatoms. The van der Waals surface area contributed by atoms with Crippen molar-refractivity contribution in [3.63, 3.8) is 0 Å². The standard InChI is InChI=1S/C7H11N3S.ClH/c8-7-10-5-1-3-9-4-2-6(5)11-7;/h9H,1-4H2,(H2,8,10);1H. The lowest BCUT2D eigenvalue weighted by molar-refractivity contribution is 0.709. The van der Waals surface area contributed by atoms with Gasteiger partial charge in [-0.2, -0.15) is 0 Å². The predicted molar refractivity (Wildman–Crippen MR) is 54.1 cm³/mol. The molecule has 0 bridgehead atoms. The van der Waals surface area contributed by atoms with Crippen LogP contribution in [0.4, 0.5) is 5.13 Å². The van der Waals surface area contributed by atoms with Crippen molar-refractivity contribution in [2.45, 2.75) is 12.8 Å². The minimum atomic E-state index is 0. The quantitative estimate of drug-likeness (QED) is 0.660. The zero-order valence-corrected chi connectivity index (χ0v) is 8.30. The minimum absolute atomic E-state index is 0. The summed E-state index contributed by atoms with van der Waals surface area (Å²) in [5.41, 5.74) is 6.80. The van der Waals surface area contributed by atoms with Crippen LogP contribution in [0.2, 0.25) is 0 Å². The van der Waals surface area contributed by atoms with Gasteiger partial charge in [0.15, 0.2) is 5.13 Å². The van der Waals surface area contributed by atoms with Crippen molar-refractivity contribution in [3.8, 4) is 0 Å². The van der Waals surface area contributed by atoms with Gasteiger partial charge in [0.1, 0.15) is 0 Å². The van der Waals surface area contributed by atoms with Crippen LogP contribution in [0.25, 0.3) is 0 Å². The number of fused-ring (bicyclic) bond motifs is 1. The van der Waals surface area contributed by atoms with Crippen LogP contribution in [0, 0.1) is 0 Å². The zero-order chi connectivity index (χ0) is 7.68. The molecule has 12 heavy (non-hydrogen) atoms. The van der Waals surface area contributed by atoms with Crippen LogP contribution in [0.5, 0.6) is 0 Å². The molecule has 0 aliphatic carbocycles. The van der Waals surface area contributed by atoms with E-state index in [-0.39, 0.29) is 12.4 Å². The molecular weight excluding hydrogens is 194 g/mol. The number of anilines is 1. The normalized spacial score (nSPS) is 16.0. The van der Waals surface area contributed by atoms with Crippen molar-refractivity contribution in [1.82, 2.24) is 10.3 Å². The summed E-state index contributed by atoms with van der Waals surface area (Å²) in [5, 5.41) is 4.04. The number of rotatable bonds is 0. The fourth-order valence-electron chi connectivity index (χ4n) is 1.33. The molecule has 3 nitrogen and oxygen atoms in total. The summed E-state index contributed by atoms with van der Waals surface area (Å²) < 4.78 is 0. The van der Waals surface area contributed by atoms with Gasteiger partial charge < -0.3 is 11.1 Å². The van der Waals surface area contributed by atoms with Gasteiger partial charge in [-0.15, -0.1) is 23.7 Å². The number of halogens is 1. The molecule has 0 saturated heterocycles. The van der Waals surface area contributed by atoms with E-state index in [4.69, 9.17) is 5.73 Å². The molecule has 2 rings (SSSR count). The first-order chi connectivity index (χ1) is 5.36. The number of nitrogens with two attached hydrogens (primary N) is 1. The van der Waals surface area contributed by atoms with Gasteiger partial charge >= 0.3 is 0 Å². The van der Waals surface area contributed by atoms with Gasteiger partial charge in [-0.25, -0.2) is 4.98 Å². The summed E-state index contributed by atoms with van der Waals surface area (Å²) >= 11 is 1.63. The Kier molecular flexibility index (Phi) is 3.31. The molecule has 0 aromatic carbocycles. The monoisotopic (exact) mass is 205 g/mol. The van der Waals surface area contributed by atoms with Crippen LogP contribution >= 0.6 is 23.7 Å². The topological polar surface area (TPSA) is 50.9 Å². The second-order valence-corrected chi connectivity index (χ2v) is 3.79. The molecular formula is C7H12ClN3S. The van der Waals surface area contributed by atoms with E-state index in [2.05, 4.69) is 10.3 Å². The maximum absolute atomic E-state index is 5.60. The van der Waals surface area contributed by atoms with E-state index in [9.17, 15) is 0 Å². The van der Waals surface area contributed by atoms with Crippen LogP contribution in [-0.2, 0) is 12.8 Å². The molecule has 68 valence electrons. The summed E-state index contributed by atoms with van der Waals surface area (Å²) in [6, 6.07) is 0. The van der Waals surface area contributed by atoms with Crippen LogP contribution in [0.1, 0.15) is 10.6 Å². The fraction of sp³-hybridized carbons (Fsp3) is 0.571. The Hall–Kier alpha value is -0.320. The smallest absolute Gasteiger partial charge is 0.180 e. The molecule has 3 N–H and O–H groups in total. The molecule has 0 saturated carbocycles. The summed E-state index contributed by atoms with van der Waals surface area (Å²) in [5.74, 6) is 0. The molecule has 0 atom stereocenters. The van der Waals surface area contributed by atoms with Gasteiger partial charge in [0.2, 0.25) is 0 Å². The summed E-state index contributed by atoms with van der Waals surface area (Å²) in [4.78, 5) is 5.64. The summed E-state index contributed by atoms with van der Waals surface area (Å²) in [6.07, 6.45) is 2.12. The summed E-state index contributed by atoms with van der Waals surface area (Å²) in [7, 11) is 0. The van der Waals surface area contributed by atoms with E-state index in [1.165, 1.54) is 10.6 Å². The highest BCUT2D eigenvalue weighted by atomic mass is 35.5. The van der Waals surface area contributed by atoms with Gasteiger partial charge in [0, 0.05) is 24.4 Å². The third-order valence-corrected chi connectivity index (χ3v) is 2.85. The lowest BCUT2D eigenvalue weighted by Gasteiger charge is -1.93. The molecule has 1 aromatic rings. The Morgan fingerprint density at radius 3 is 2.92 bits per heavy atom. The second kappa shape index (κ2) is 4.07. The van der Waals surface area contributed by atoms with E-state index in [0.717, 1.165) is 31.1 Å². The van der Waals surface area contributed by atoms with Crippen molar-refractivity contribution in [3.05, 3.63) is 10.6 Å². The second-order valence-electron chi connectivity index (χ2n) is 2.67. The lowest BCUT2D eigenvalue weighted by atomic mass is 10.2. The Labute approximate surface area is 81.8 Å². The van der Waals surface area contributed by atoms with Gasteiger partial charge in [0.05, 0.1) is 5.69 Å². The molecule has 0 unspecified atom stereocenters. The van der Waals surface area contributed by atoms with Crippen molar-refractivity contribution in [2.75, 3.05) is 18.8 Å². The maximum atomic E-state index is 5.60. The first-order valence-electron chi connectivity index (χ1n) is 3.81. The third-order valence-electron chi connectivity index (χ3n) is 1.86. The predicted octanol–water partition coefficient (Wildman–Crippen LogP) is 0.835. The van der Waals surface area contributed by atoms with Crippen LogP contribution < -0.4 is 11.1 Å². The average molecular weight is 206 g/mol. The number of hydrogen-bond acceptors (Lipinski definition) is 4. The van der Waals surface area contributed by atoms with Crippen molar-refractivity contribution >= 4 is 28.9 Å². The van der Waals surface area contributed by atoms with E-state index < -0.39 is 0 Å². The molecule has 1 aromatic heterocycles. The van der Waals surface area contributed by atoms with Gasteiger partial charge in [0.25, 0.3) is 0 Å². The number of thiazole rings is 1. The Morgan fingerprint density at radius 1 is 1.33 bits per heavy atom. The van der Waals surface area contributed by atoms with Crippen LogP contribution in [0.15, 0.2) is 0 Å². The lowest BCUT2D eigenvalue weighted by Crippen LogP contribution is -2.16. The number of hydrogen-bond donors (Lipinski definition) is 2. The van der Waals surface area contributed by atoms with E-state index in [1.54, 1.807) is 11.3 Å². The van der Waals surface area contributed by atoms with Gasteiger partial charge in [-0.1, -0.05) is 0 Å². The highest BCUT2D eigenvalue weighted by Gasteiger charge is 2.11. The van der Waals surface area contributed by atoms with E-state index in [0.29, 0.717) is 0 Å². The Bertz CT molecular complexity index is 238. The molecule has 0 amide bonds. The molecule has 1 aliphatic heterocycles. The average Bonchev–Trinajstić information content (AvgIpc) is 2.17. The van der Waals surface area contributed by atoms with E-state index in [1.807, 2.05) is 0 Å². The number of aromatic nitrogens is 1. The minimum Gasteiger partial charge on any atom is -0.375 e. The maximum Gasteiger partial charge on any atom is 0.180 e. The molecule has 0 fully saturated rings. The first kappa shape index (κ1) is 9.77. The van der Waals surface area contributed by atoms with Crippen molar-refractivity contribution in [2.24, 2.45) is 0 Å². The third kappa shape index (κ3) is 1.88.